The summed E-state index contributed by atoms with van der Waals surface area (Å²) in [6.45, 7) is 3.94. The average Bonchev–Trinajstić information content (AvgIpc) is 2.76. The Balaban J connectivity index is 1.95. The Labute approximate surface area is 174 Å². The minimum atomic E-state index is -0.673. The van der Waals surface area contributed by atoms with E-state index in [0.717, 1.165) is 5.56 Å². The molecule has 156 valence electrons. The van der Waals surface area contributed by atoms with E-state index in [0.29, 0.717) is 6.42 Å². The fourth-order valence-corrected chi connectivity index (χ4v) is 3.27. The summed E-state index contributed by atoms with van der Waals surface area (Å²) >= 11 is 0. The predicted molar refractivity (Wildman–Crippen MR) is 118 cm³/mol. The van der Waals surface area contributed by atoms with Crippen LogP contribution in [0.15, 0.2) is 58.1 Å². The van der Waals surface area contributed by atoms with Gasteiger partial charge in [-0.3, -0.25) is 14.4 Å². The van der Waals surface area contributed by atoms with Gasteiger partial charge in [0.25, 0.3) is 16.8 Å². The van der Waals surface area contributed by atoms with Gasteiger partial charge in [0.2, 0.25) is 0 Å². The number of carbonyl (C=O) groups excluding carboxylic acids is 1. The largest absolute Gasteiger partial charge is 0.505 e. The maximum atomic E-state index is 12.3. The quantitative estimate of drug-likeness (QED) is 0.411. The number of amides is 1. The van der Waals surface area contributed by atoms with Crippen molar-refractivity contribution in [2.24, 2.45) is 0 Å². The number of anilines is 3. The second-order valence-electron chi connectivity index (χ2n) is 7.61. The summed E-state index contributed by atoms with van der Waals surface area (Å²) in [5, 5.41) is 16.6. The smallest absolute Gasteiger partial charge is 0.257 e. The number of hydrogen-bond donors (Lipinski definition) is 3. The van der Waals surface area contributed by atoms with Crippen LogP contribution < -0.4 is 21.5 Å². The van der Waals surface area contributed by atoms with Gasteiger partial charge < -0.3 is 20.6 Å². The molecule has 0 heterocycles. The first-order valence-corrected chi connectivity index (χ1v) is 9.67. The van der Waals surface area contributed by atoms with Crippen LogP contribution in [0.2, 0.25) is 0 Å². The molecule has 0 aliphatic heterocycles. The second-order valence-corrected chi connectivity index (χ2v) is 7.61. The van der Waals surface area contributed by atoms with Crippen LogP contribution in [0, 0.1) is 0 Å². The summed E-state index contributed by atoms with van der Waals surface area (Å²) in [7, 11) is 3.16. The molecule has 3 aromatic rings. The number of benzene rings is 2. The van der Waals surface area contributed by atoms with E-state index in [2.05, 4.69) is 10.6 Å². The number of nitrogens with one attached hydrogen (secondary N) is 2. The highest BCUT2D eigenvalue weighted by atomic mass is 16.3. The van der Waals surface area contributed by atoms with E-state index in [1.54, 1.807) is 26.2 Å². The zero-order valence-corrected chi connectivity index (χ0v) is 17.4. The second kappa shape index (κ2) is 8.02. The van der Waals surface area contributed by atoms with Gasteiger partial charge >= 0.3 is 0 Å². The summed E-state index contributed by atoms with van der Waals surface area (Å²) < 4.78 is 0. The van der Waals surface area contributed by atoms with Gasteiger partial charge in [0.1, 0.15) is 11.4 Å². The summed E-state index contributed by atoms with van der Waals surface area (Å²) in [6, 6.07) is 14.3. The van der Waals surface area contributed by atoms with Gasteiger partial charge in [-0.25, -0.2) is 0 Å². The van der Waals surface area contributed by atoms with Crippen LogP contribution in [0.25, 0.3) is 0 Å². The highest BCUT2D eigenvalue weighted by Gasteiger charge is 2.31. The molecule has 30 heavy (non-hydrogen) atoms. The van der Waals surface area contributed by atoms with Crippen LogP contribution in [0.5, 0.6) is 5.75 Å². The molecule has 0 spiro atoms. The Morgan fingerprint density at radius 2 is 1.63 bits per heavy atom. The van der Waals surface area contributed by atoms with Crippen molar-refractivity contribution in [3.8, 4) is 5.75 Å². The molecule has 0 aliphatic carbocycles. The molecular formula is C23H25N3O4. The maximum Gasteiger partial charge on any atom is 0.257 e. The lowest BCUT2D eigenvalue weighted by molar-refractivity contribution is 0.0824. The van der Waals surface area contributed by atoms with Crippen LogP contribution in [-0.4, -0.2) is 30.0 Å². The Morgan fingerprint density at radius 1 is 1.00 bits per heavy atom. The molecular weight excluding hydrogens is 382 g/mol. The van der Waals surface area contributed by atoms with Crippen molar-refractivity contribution in [3.63, 3.8) is 0 Å². The third-order valence-electron chi connectivity index (χ3n) is 5.36. The third kappa shape index (κ3) is 3.66. The molecule has 3 N–H and O–H groups in total. The van der Waals surface area contributed by atoms with Crippen molar-refractivity contribution >= 4 is 23.0 Å². The standard InChI is InChI=1S/C23H25N3O4/c1-5-23(2,14-10-7-6-8-11-14)25-18-17(20(28)21(18)29)24-16-13-9-12-15(19(16)27)22(30)26(3)4/h6-13,24-25,27H,5H2,1-4H3. The van der Waals surface area contributed by atoms with Crippen LogP contribution in [-0.2, 0) is 5.54 Å². The summed E-state index contributed by atoms with van der Waals surface area (Å²) in [6.07, 6.45) is 0.674. The maximum absolute atomic E-state index is 12.3. The highest BCUT2D eigenvalue weighted by Crippen LogP contribution is 2.35. The molecule has 1 amide bonds. The number of hydrogen-bond acceptors (Lipinski definition) is 6. The number of para-hydroxylation sites is 1. The molecule has 0 aliphatic rings. The fourth-order valence-electron chi connectivity index (χ4n) is 3.27. The molecule has 7 heteroatoms. The third-order valence-corrected chi connectivity index (χ3v) is 5.36. The van der Waals surface area contributed by atoms with E-state index in [1.165, 1.54) is 11.0 Å². The van der Waals surface area contributed by atoms with E-state index in [1.807, 2.05) is 44.2 Å². The van der Waals surface area contributed by atoms with Crippen molar-refractivity contribution in [2.45, 2.75) is 25.8 Å². The van der Waals surface area contributed by atoms with Crippen LogP contribution in [0.3, 0.4) is 0 Å². The summed E-state index contributed by atoms with van der Waals surface area (Å²) in [5.74, 6) is -0.654. The van der Waals surface area contributed by atoms with Gasteiger partial charge in [-0.1, -0.05) is 43.3 Å². The first-order valence-electron chi connectivity index (χ1n) is 9.67. The van der Waals surface area contributed by atoms with Gasteiger partial charge in [0.15, 0.2) is 5.75 Å². The monoisotopic (exact) mass is 407 g/mol. The molecule has 1 unspecified atom stereocenters. The first kappa shape index (κ1) is 21.1. The summed E-state index contributed by atoms with van der Waals surface area (Å²) in [4.78, 5) is 38.1. The Hall–Kier alpha value is -3.61. The zero-order valence-electron chi connectivity index (χ0n) is 17.4. The van der Waals surface area contributed by atoms with Crippen LogP contribution in [0.4, 0.5) is 17.1 Å². The summed E-state index contributed by atoms with van der Waals surface area (Å²) in [5.41, 5.74) is -0.368. The number of nitrogens with zero attached hydrogens (tertiary/aromatic N) is 1. The van der Waals surface area contributed by atoms with Crippen molar-refractivity contribution < 1.29 is 9.90 Å². The van der Waals surface area contributed by atoms with Gasteiger partial charge in [0.05, 0.1) is 16.8 Å². The molecule has 1 atom stereocenters. The predicted octanol–water partition coefficient (Wildman–Crippen LogP) is 3.17. The molecule has 3 rings (SSSR count). The van der Waals surface area contributed by atoms with E-state index in [4.69, 9.17) is 0 Å². The average molecular weight is 407 g/mol. The van der Waals surface area contributed by atoms with Crippen molar-refractivity contribution in [1.82, 2.24) is 4.90 Å². The van der Waals surface area contributed by atoms with Gasteiger partial charge in [-0.2, -0.15) is 0 Å². The van der Waals surface area contributed by atoms with Gasteiger partial charge in [0, 0.05) is 14.1 Å². The number of aromatic hydroxyl groups is 1. The topological polar surface area (TPSA) is 98.7 Å². The molecule has 0 saturated heterocycles. The van der Waals surface area contributed by atoms with Gasteiger partial charge in [-0.05, 0) is 31.0 Å². The lowest BCUT2D eigenvalue weighted by Crippen LogP contribution is -2.42. The number of carbonyl (C=O) groups is 1. The molecule has 0 bridgehead atoms. The molecule has 7 nitrogen and oxygen atoms in total. The zero-order chi connectivity index (χ0) is 22.1. The first-order chi connectivity index (χ1) is 14.2. The normalized spacial score (nSPS) is 12.9. The highest BCUT2D eigenvalue weighted by molar-refractivity contribution is 5.99. The fraction of sp³-hybridized carbons (Fsp3) is 0.261. The lowest BCUT2D eigenvalue weighted by atomic mass is 9.88. The molecule has 3 aromatic carbocycles. The van der Waals surface area contributed by atoms with Gasteiger partial charge in [-0.15, -0.1) is 0 Å². The number of rotatable bonds is 7. The van der Waals surface area contributed by atoms with E-state index >= 15 is 0 Å². The SMILES string of the molecule is CCC(C)(Nc1c(Nc2cccc(C(=O)N(C)C)c2O)c(=O)c1=O)c1ccccc1. The minimum Gasteiger partial charge on any atom is -0.505 e. The lowest BCUT2D eigenvalue weighted by Gasteiger charge is -2.32. The van der Waals surface area contributed by atoms with Crippen molar-refractivity contribution in [3.05, 3.63) is 80.1 Å². The number of phenols is 1. The minimum absolute atomic E-state index is 0.0698. The van der Waals surface area contributed by atoms with E-state index in [-0.39, 0.29) is 34.3 Å². The molecule has 0 saturated carbocycles. The Bertz CT molecular complexity index is 1150. The van der Waals surface area contributed by atoms with Crippen LogP contribution in [0.1, 0.15) is 36.2 Å². The van der Waals surface area contributed by atoms with Crippen molar-refractivity contribution in [1.29, 1.82) is 0 Å². The van der Waals surface area contributed by atoms with Crippen molar-refractivity contribution in [2.75, 3.05) is 24.7 Å². The van der Waals surface area contributed by atoms with E-state index in [9.17, 15) is 19.5 Å². The van der Waals surface area contributed by atoms with E-state index < -0.39 is 16.4 Å². The molecule has 0 aromatic heterocycles. The number of phenolic OH excluding ortho intramolecular Hbond substituents is 1. The Kier molecular flexibility index (Phi) is 5.64. The van der Waals surface area contributed by atoms with Crippen LogP contribution >= 0.6 is 0 Å². The Morgan fingerprint density at radius 3 is 2.23 bits per heavy atom. The molecule has 0 radical (unpaired) electrons. The molecule has 0 fully saturated rings.